The Balaban J connectivity index is 2.37. The molecule has 2 rings (SSSR count). The molecule has 2 aromatic heterocycles. The molecule has 3 N–H and O–H groups in total. The minimum Gasteiger partial charge on any atom is -0.394 e. The second-order valence-electron chi connectivity index (χ2n) is 4.17. The lowest BCUT2D eigenvalue weighted by molar-refractivity contribution is 0.207. The Morgan fingerprint density at radius 1 is 1.53 bits per heavy atom. The van der Waals surface area contributed by atoms with Crippen LogP contribution in [0.5, 0.6) is 0 Å². The number of aliphatic hydroxyl groups is 1. The fourth-order valence-electron chi connectivity index (χ4n) is 1.59. The van der Waals surface area contributed by atoms with Gasteiger partial charge in [-0.1, -0.05) is 6.07 Å². The summed E-state index contributed by atoms with van der Waals surface area (Å²) in [4.78, 5) is 4.26. The van der Waals surface area contributed by atoms with Crippen LogP contribution in [0.2, 0.25) is 0 Å². The molecule has 0 radical (unpaired) electrons. The number of nitrogens with two attached hydrogens (primary N) is 1. The number of hydrogen-bond acceptors (Lipinski definition) is 3. The molecule has 15 heavy (non-hydrogen) atoms. The SMILES string of the molecule is CC(N)(CO)Cc1cnc2ccccn12. The summed E-state index contributed by atoms with van der Waals surface area (Å²) in [7, 11) is 0. The summed E-state index contributed by atoms with van der Waals surface area (Å²) in [6, 6.07) is 5.83. The van der Waals surface area contributed by atoms with Gasteiger partial charge < -0.3 is 15.2 Å². The van der Waals surface area contributed by atoms with Crippen molar-refractivity contribution in [2.45, 2.75) is 18.9 Å². The van der Waals surface area contributed by atoms with E-state index in [1.165, 1.54) is 0 Å². The number of imidazole rings is 1. The van der Waals surface area contributed by atoms with Gasteiger partial charge in [0, 0.05) is 30.0 Å². The first-order valence-electron chi connectivity index (χ1n) is 4.93. The zero-order valence-corrected chi connectivity index (χ0v) is 8.72. The van der Waals surface area contributed by atoms with Crippen LogP contribution in [0.25, 0.3) is 5.65 Å². The van der Waals surface area contributed by atoms with E-state index >= 15 is 0 Å². The number of fused-ring (bicyclic) bond motifs is 1. The van der Waals surface area contributed by atoms with Gasteiger partial charge in [-0.05, 0) is 19.1 Å². The van der Waals surface area contributed by atoms with Crippen molar-refractivity contribution in [2.24, 2.45) is 5.73 Å². The van der Waals surface area contributed by atoms with E-state index in [0.29, 0.717) is 6.42 Å². The Bertz CT molecular complexity index is 462. The first kappa shape index (κ1) is 10.1. The van der Waals surface area contributed by atoms with Crippen molar-refractivity contribution in [3.63, 3.8) is 0 Å². The number of aromatic nitrogens is 2. The average Bonchev–Trinajstić information content (AvgIpc) is 2.62. The van der Waals surface area contributed by atoms with Crippen LogP contribution in [0.4, 0.5) is 0 Å². The lowest BCUT2D eigenvalue weighted by atomic mass is 9.99. The molecule has 0 spiro atoms. The van der Waals surface area contributed by atoms with Crippen LogP contribution in [0.1, 0.15) is 12.6 Å². The van der Waals surface area contributed by atoms with E-state index in [-0.39, 0.29) is 6.61 Å². The summed E-state index contributed by atoms with van der Waals surface area (Å²) in [5, 5.41) is 9.11. The normalized spacial score (nSPS) is 15.4. The van der Waals surface area contributed by atoms with Gasteiger partial charge in [-0.3, -0.25) is 0 Å². The summed E-state index contributed by atoms with van der Waals surface area (Å²) in [5.74, 6) is 0. The molecule has 0 bridgehead atoms. The molecule has 2 aromatic rings. The van der Waals surface area contributed by atoms with Crippen LogP contribution < -0.4 is 5.73 Å². The van der Waals surface area contributed by atoms with Gasteiger partial charge in [-0.25, -0.2) is 4.98 Å². The van der Waals surface area contributed by atoms with Gasteiger partial charge in [-0.2, -0.15) is 0 Å². The molecule has 0 saturated heterocycles. The maximum Gasteiger partial charge on any atom is 0.136 e. The lowest BCUT2D eigenvalue weighted by Gasteiger charge is -2.20. The zero-order valence-electron chi connectivity index (χ0n) is 8.72. The van der Waals surface area contributed by atoms with Crippen molar-refractivity contribution in [3.8, 4) is 0 Å². The molecular formula is C11H15N3O. The van der Waals surface area contributed by atoms with E-state index in [2.05, 4.69) is 4.98 Å². The van der Waals surface area contributed by atoms with Crippen molar-refractivity contribution in [3.05, 3.63) is 36.3 Å². The van der Waals surface area contributed by atoms with Crippen LogP contribution in [0.15, 0.2) is 30.6 Å². The van der Waals surface area contributed by atoms with Gasteiger partial charge in [0.05, 0.1) is 6.61 Å². The summed E-state index contributed by atoms with van der Waals surface area (Å²) < 4.78 is 1.99. The van der Waals surface area contributed by atoms with Crippen LogP contribution in [-0.2, 0) is 6.42 Å². The number of nitrogens with zero attached hydrogens (tertiary/aromatic N) is 2. The van der Waals surface area contributed by atoms with E-state index in [1.54, 1.807) is 6.20 Å². The molecule has 1 atom stereocenters. The highest BCUT2D eigenvalue weighted by atomic mass is 16.3. The molecule has 0 aromatic carbocycles. The first-order valence-corrected chi connectivity index (χ1v) is 4.93. The Labute approximate surface area is 88.4 Å². The highest BCUT2D eigenvalue weighted by Gasteiger charge is 2.19. The molecule has 1 unspecified atom stereocenters. The summed E-state index contributed by atoms with van der Waals surface area (Å²) in [5.41, 5.74) is 7.24. The molecule has 0 aliphatic carbocycles. The van der Waals surface area contributed by atoms with Crippen molar-refractivity contribution in [2.75, 3.05) is 6.61 Å². The molecule has 2 heterocycles. The van der Waals surface area contributed by atoms with Gasteiger partial charge in [0.25, 0.3) is 0 Å². The third-order valence-electron chi connectivity index (χ3n) is 2.44. The van der Waals surface area contributed by atoms with Crippen LogP contribution in [0.3, 0.4) is 0 Å². The maximum atomic E-state index is 9.11. The van der Waals surface area contributed by atoms with Crippen molar-refractivity contribution < 1.29 is 5.11 Å². The third kappa shape index (κ3) is 2.00. The zero-order chi connectivity index (χ0) is 10.9. The van der Waals surface area contributed by atoms with Crippen molar-refractivity contribution in [1.82, 2.24) is 9.38 Å². The predicted octanol–water partition coefficient (Wildman–Crippen LogP) is 0.586. The van der Waals surface area contributed by atoms with E-state index < -0.39 is 5.54 Å². The molecule has 4 nitrogen and oxygen atoms in total. The van der Waals surface area contributed by atoms with E-state index in [9.17, 15) is 0 Å². The lowest BCUT2D eigenvalue weighted by Crippen LogP contribution is -2.42. The average molecular weight is 205 g/mol. The van der Waals surface area contributed by atoms with Gasteiger partial charge in [-0.15, -0.1) is 0 Å². The smallest absolute Gasteiger partial charge is 0.136 e. The molecule has 4 heteroatoms. The standard InChI is InChI=1S/C11H15N3O/c1-11(12,8-15)6-9-7-13-10-4-2-3-5-14(9)10/h2-5,7,15H,6,8,12H2,1H3. The van der Waals surface area contributed by atoms with Gasteiger partial charge in [0.1, 0.15) is 5.65 Å². The number of pyridine rings is 1. The molecule has 0 aliphatic heterocycles. The molecule has 0 fully saturated rings. The quantitative estimate of drug-likeness (QED) is 0.770. The number of rotatable bonds is 3. The Morgan fingerprint density at radius 2 is 2.33 bits per heavy atom. The van der Waals surface area contributed by atoms with E-state index in [1.807, 2.05) is 35.7 Å². The minimum absolute atomic E-state index is 0.0347. The minimum atomic E-state index is -0.591. The topological polar surface area (TPSA) is 63.5 Å². The predicted molar refractivity (Wildman–Crippen MR) is 58.6 cm³/mol. The van der Waals surface area contributed by atoms with E-state index in [0.717, 1.165) is 11.3 Å². The Kier molecular flexibility index (Phi) is 2.46. The number of aliphatic hydroxyl groups excluding tert-OH is 1. The molecule has 80 valence electrons. The van der Waals surface area contributed by atoms with Crippen LogP contribution in [-0.4, -0.2) is 26.6 Å². The van der Waals surface area contributed by atoms with Crippen LogP contribution >= 0.6 is 0 Å². The second kappa shape index (κ2) is 3.64. The van der Waals surface area contributed by atoms with E-state index in [4.69, 9.17) is 10.8 Å². The highest BCUT2D eigenvalue weighted by molar-refractivity contribution is 5.40. The summed E-state index contributed by atoms with van der Waals surface area (Å²) >= 11 is 0. The molecule has 0 amide bonds. The van der Waals surface area contributed by atoms with Crippen LogP contribution in [0, 0.1) is 0 Å². The molecule has 0 aliphatic rings. The number of hydrogen-bond donors (Lipinski definition) is 2. The maximum absolute atomic E-state index is 9.11. The fourth-order valence-corrected chi connectivity index (χ4v) is 1.59. The monoisotopic (exact) mass is 205 g/mol. The second-order valence-corrected chi connectivity index (χ2v) is 4.17. The summed E-state index contributed by atoms with van der Waals surface area (Å²) in [6.45, 7) is 1.79. The first-order chi connectivity index (χ1) is 7.12. The Morgan fingerprint density at radius 3 is 3.07 bits per heavy atom. The van der Waals surface area contributed by atoms with Gasteiger partial charge in [0.2, 0.25) is 0 Å². The van der Waals surface area contributed by atoms with Crippen molar-refractivity contribution in [1.29, 1.82) is 0 Å². The summed E-state index contributed by atoms with van der Waals surface area (Å²) in [6.07, 6.45) is 4.36. The van der Waals surface area contributed by atoms with Gasteiger partial charge in [0.15, 0.2) is 0 Å². The van der Waals surface area contributed by atoms with Crippen molar-refractivity contribution >= 4 is 5.65 Å². The Hall–Kier alpha value is -1.39. The highest BCUT2D eigenvalue weighted by Crippen LogP contribution is 2.12. The molecule has 0 saturated carbocycles. The van der Waals surface area contributed by atoms with Gasteiger partial charge >= 0.3 is 0 Å². The fraction of sp³-hybridized carbons (Fsp3) is 0.364. The third-order valence-corrected chi connectivity index (χ3v) is 2.44. The largest absolute Gasteiger partial charge is 0.394 e. The molecular weight excluding hydrogens is 190 g/mol.